The quantitative estimate of drug-likeness (QED) is 0.493. The zero-order chi connectivity index (χ0) is 12.3. The first-order chi connectivity index (χ1) is 8.20. The topological polar surface area (TPSA) is 73.8 Å². The SMILES string of the molecule is O=[N+]([O-])c1cccc(-c2ncn(CCBr)n2)c1. The lowest BCUT2D eigenvalue weighted by Gasteiger charge is -1.96. The Balaban J connectivity index is 2.32. The maximum absolute atomic E-state index is 10.6. The van der Waals surface area contributed by atoms with Crippen LogP contribution in [-0.4, -0.2) is 25.0 Å². The zero-order valence-corrected chi connectivity index (χ0v) is 10.4. The van der Waals surface area contributed by atoms with Crippen LogP contribution in [0.2, 0.25) is 0 Å². The normalized spacial score (nSPS) is 10.4. The predicted octanol–water partition coefficient (Wildman–Crippen LogP) is 2.25. The Hall–Kier alpha value is -1.76. The van der Waals surface area contributed by atoms with Crippen LogP contribution in [0.5, 0.6) is 0 Å². The van der Waals surface area contributed by atoms with Gasteiger partial charge in [0.2, 0.25) is 0 Å². The van der Waals surface area contributed by atoms with E-state index in [1.54, 1.807) is 23.1 Å². The average Bonchev–Trinajstić information content (AvgIpc) is 2.78. The number of rotatable bonds is 4. The lowest BCUT2D eigenvalue weighted by Crippen LogP contribution is -1.99. The molecule has 17 heavy (non-hydrogen) atoms. The van der Waals surface area contributed by atoms with Crippen molar-refractivity contribution in [2.24, 2.45) is 0 Å². The maximum Gasteiger partial charge on any atom is 0.270 e. The first-order valence-corrected chi connectivity index (χ1v) is 6.03. The molecule has 6 nitrogen and oxygen atoms in total. The van der Waals surface area contributed by atoms with Gasteiger partial charge in [0.25, 0.3) is 5.69 Å². The molecular formula is C10H9BrN4O2. The van der Waals surface area contributed by atoms with E-state index in [9.17, 15) is 10.1 Å². The Morgan fingerprint density at radius 2 is 2.29 bits per heavy atom. The summed E-state index contributed by atoms with van der Waals surface area (Å²) in [4.78, 5) is 14.3. The molecule has 7 heteroatoms. The van der Waals surface area contributed by atoms with Gasteiger partial charge in [0.05, 0.1) is 11.5 Å². The highest BCUT2D eigenvalue weighted by Crippen LogP contribution is 2.20. The van der Waals surface area contributed by atoms with Gasteiger partial charge in [-0.1, -0.05) is 28.1 Å². The Bertz CT molecular complexity index is 541. The zero-order valence-electron chi connectivity index (χ0n) is 8.78. The molecule has 0 spiro atoms. The van der Waals surface area contributed by atoms with Crippen LogP contribution < -0.4 is 0 Å². The van der Waals surface area contributed by atoms with E-state index in [-0.39, 0.29) is 5.69 Å². The molecule has 1 aromatic carbocycles. The molecule has 0 saturated heterocycles. The molecule has 2 aromatic rings. The molecule has 88 valence electrons. The number of alkyl halides is 1. The van der Waals surface area contributed by atoms with Gasteiger partial charge in [-0.2, -0.15) is 5.10 Å². The van der Waals surface area contributed by atoms with E-state index in [0.717, 1.165) is 5.33 Å². The van der Waals surface area contributed by atoms with Crippen LogP contribution in [0.3, 0.4) is 0 Å². The number of halogens is 1. The molecule has 0 bridgehead atoms. The van der Waals surface area contributed by atoms with Crippen molar-refractivity contribution >= 4 is 21.6 Å². The second kappa shape index (κ2) is 5.05. The average molecular weight is 297 g/mol. The molecule has 0 amide bonds. The van der Waals surface area contributed by atoms with Gasteiger partial charge in [-0.3, -0.25) is 14.8 Å². The summed E-state index contributed by atoms with van der Waals surface area (Å²) < 4.78 is 1.68. The number of non-ortho nitro benzene ring substituents is 1. The van der Waals surface area contributed by atoms with Crippen molar-refractivity contribution in [1.82, 2.24) is 14.8 Å². The van der Waals surface area contributed by atoms with Crippen molar-refractivity contribution in [1.29, 1.82) is 0 Å². The van der Waals surface area contributed by atoms with E-state index < -0.39 is 4.92 Å². The second-order valence-electron chi connectivity index (χ2n) is 3.33. The van der Waals surface area contributed by atoms with Gasteiger partial charge in [0.15, 0.2) is 5.82 Å². The van der Waals surface area contributed by atoms with E-state index in [2.05, 4.69) is 26.0 Å². The molecule has 0 aliphatic rings. The van der Waals surface area contributed by atoms with Gasteiger partial charge in [0, 0.05) is 23.0 Å². The minimum absolute atomic E-state index is 0.0411. The number of hydrogen-bond acceptors (Lipinski definition) is 4. The van der Waals surface area contributed by atoms with Crippen LogP contribution in [0.15, 0.2) is 30.6 Å². The molecule has 0 aliphatic heterocycles. The van der Waals surface area contributed by atoms with Crippen molar-refractivity contribution in [3.63, 3.8) is 0 Å². The van der Waals surface area contributed by atoms with Crippen LogP contribution in [-0.2, 0) is 6.54 Å². The number of hydrogen-bond donors (Lipinski definition) is 0. The predicted molar refractivity (Wildman–Crippen MR) is 65.9 cm³/mol. The number of benzene rings is 1. The smallest absolute Gasteiger partial charge is 0.258 e. The molecule has 2 rings (SSSR count). The number of aromatic nitrogens is 3. The number of nitro groups is 1. The minimum Gasteiger partial charge on any atom is -0.258 e. The summed E-state index contributed by atoms with van der Waals surface area (Å²) in [6.45, 7) is 0.710. The molecule has 0 fully saturated rings. The third-order valence-corrected chi connectivity index (χ3v) is 2.52. The molecule has 0 saturated carbocycles. The standard InChI is InChI=1S/C10H9BrN4O2/c11-4-5-14-7-12-10(13-14)8-2-1-3-9(6-8)15(16)17/h1-3,6-7H,4-5H2. The molecule has 0 N–H and O–H groups in total. The Morgan fingerprint density at radius 3 is 3.00 bits per heavy atom. The Labute approximate surface area is 106 Å². The fourth-order valence-electron chi connectivity index (χ4n) is 1.38. The van der Waals surface area contributed by atoms with E-state index in [0.29, 0.717) is 17.9 Å². The molecule has 0 unspecified atom stereocenters. The van der Waals surface area contributed by atoms with Crippen LogP contribution in [0.1, 0.15) is 0 Å². The minimum atomic E-state index is -0.432. The van der Waals surface area contributed by atoms with Gasteiger partial charge in [-0.05, 0) is 0 Å². The van der Waals surface area contributed by atoms with Gasteiger partial charge in [0.1, 0.15) is 6.33 Å². The van der Waals surface area contributed by atoms with E-state index in [1.807, 2.05) is 0 Å². The molecule has 0 aliphatic carbocycles. The third-order valence-electron chi connectivity index (χ3n) is 2.17. The van der Waals surface area contributed by atoms with Gasteiger partial charge in [-0.15, -0.1) is 0 Å². The van der Waals surface area contributed by atoms with Crippen molar-refractivity contribution in [3.8, 4) is 11.4 Å². The van der Waals surface area contributed by atoms with Crippen LogP contribution in [0, 0.1) is 10.1 Å². The summed E-state index contributed by atoms with van der Waals surface area (Å²) >= 11 is 3.30. The lowest BCUT2D eigenvalue weighted by molar-refractivity contribution is -0.384. The second-order valence-corrected chi connectivity index (χ2v) is 4.12. The maximum atomic E-state index is 10.6. The van der Waals surface area contributed by atoms with E-state index >= 15 is 0 Å². The third kappa shape index (κ3) is 2.68. The molecule has 0 radical (unpaired) electrons. The highest BCUT2D eigenvalue weighted by atomic mass is 79.9. The Morgan fingerprint density at radius 1 is 1.47 bits per heavy atom. The summed E-state index contributed by atoms with van der Waals surface area (Å²) in [5, 5.41) is 15.7. The first kappa shape index (κ1) is 11.7. The largest absolute Gasteiger partial charge is 0.270 e. The lowest BCUT2D eigenvalue weighted by atomic mass is 10.2. The summed E-state index contributed by atoms with van der Waals surface area (Å²) in [7, 11) is 0. The van der Waals surface area contributed by atoms with Crippen LogP contribution >= 0.6 is 15.9 Å². The van der Waals surface area contributed by atoms with Crippen molar-refractivity contribution in [2.75, 3.05) is 5.33 Å². The number of nitro benzene ring substituents is 1. The Kier molecular flexibility index (Phi) is 3.48. The fraction of sp³-hybridized carbons (Fsp3) is 0.200. The van der Waals surface area contributed by atoms with Crippen molar-refractivity contribution in [2.45, 2.75) is 6.54 Å². The molecule has 1 heterocycles. The van der Waals surface area contributed by atoms with Crippen molar-refractivity contribution < 1.29 is 4.92 Å². The summed E-state index contributed by atoms with van der Waals surface area (Å²) in [6.07, 6.45) is 1.61. The monoisotopic (exact) mass is 296 g/mol. The van der Waals surface area contributed by atoms with Gasteiger partial charge in [-0.25, -0.2) is 4.98 Å². The fourth-order valence-corrected chi connectivity index (χ4v) is 1.74. The highest BCUT2D eigenvalue weighted by molar-refractivity contribution is 9.09. The molecule has 1 aromatic heterocycles. The van der Waals surface area contributed by atoms with E-state index in [1.165, 1.54) is 12.1 Å². The van der Waals surface area contributed by atoms with Crippen LogP contribution in [0.25, 0.3) is 11.4 Å². The summed E-state index contributed by atoms with van der Waals surface area (Å²) in [5.74, 6) is 0.495. The van der Waals surface area contributed by atoms with E-state index in [4.69, 9.17) is 0 Å². The van der Waals surface area contributed by atoms with Crippen molar-refractivity contribution in [3.05, 3.63) is 40.7 Å². The summed E-state index contributed by atoms with van der Waals surface area (Å²) in [6, 6.07) is 6.28. The highest BCUT2D eigenvalue weighted by Gasteiger charge is 2.09. The number of nitrogens with zero attached hydrogens (tertiary/aromatic N) is 4. The summed E-state index contributed by atoms with van der Waals surface area (Å²) in [5.41, 5.74) is 0.687. The van der Waals surface area contributed by atoms with Gasteiger partial charge >= 0.3 is 0 Å². The van der Waals surface area contributed by atoms with Gasteiger partial charge < -0.3 is 0 Å². The molecule has 0 atom stereocenters. The first-order valence-electron chi connectivity index (χ1n) is 4.91. The number of aryl methyl sites for hydroxylation is 1. The van der Waals surface area contributed by atoms with Crippen LogP contribution in [0.4, 0.5) is 5.69 Å². The molecular weight excluding hydrogens is 288 g/mol.